The van der Waals surface area contributed by atoms with Crippen molar-refractivity contribution in [1.29, 1.82) is 0 Å². The summed E-state index contributed by atoms with van der Waals surface area (Å²) in [4.78, 5) is 8.13. The molecule has 18 heavy (non-hydrogen) atoms. The number of hydrogen-bond acceptors (Lipinski definition) is 3. The monoisotopic (exact) mass is 243 g/mol. The molecule has 90 valence electrons. The van der Waals surface area contributed by atoms with E-state index in [1.165, 1.54) is 12.1 Å². The van der Waals surface area contributed by atoms with Crippen molar-refractivity contribution in [3.05, 3.63) is 60.9 Å². The first-order chi connectivity index (χ1) is 8.81. The van der Waals surface area contributed by atoms with Crippen LogP contribution >= 0.6 is 0 Å². The van der Waals surface area contributed by atoms with E-state index in [9.17, 15) is 4.39 Å². The van der Waals surface area contributed by atoms with Crippen molar-refractivity contribution in [1.82, 2.24) is 14.5 Å². The summed E-state index contributed by atoms with van der Waals surface area (Å²) >= 11 is 0. The van der Waals surface area contributed by atoms with Gasteiger partial charge in [0.2, 0.25) is 5.89 Å². The van der Waals surface area contributed by atoms with Gasteiger partial charge in [-0.15, -0.1) is 0 Å². The van der Waals surface area contributed by atoms with Crippen molar-refractivity contribution in [2.75, 3.05) is 0 Å². The van der Waals surface area contributed by atoms with Crippen LogP contribution in [0.4, 0.5) is 4.39 Å². The van der Waals surface area contributed by atoms with Crippen LogP contribution in [0.2, 0.25) is 0 Å². The highest BCUT2D eigenvalue weighted by atomic mass is 19.1. The topological polar surface area (TPSA) is 43.9 Å². The van der Waals surface area contributed by atoms with E-state index in [0.717, 1.165) is 5.56 Å². The van der Waals surface area contributed by atoms with Crippen LogP contribution < -0.4 is 0 Å². The van der Waals surface area contributed by atoms with Crippen molar-refractivity contribution in [3.63, 3.8) is 0 Å². The number of rotatable bonds is 3. The third-order valence-corrected chi connectivity index (χ3v) is 2.56. The first kappa shape index (κ1) is 10.7. The molecule has 5 heteroatoms. The van der Waals surface area contributed by atoms with Crippen molar-refractivity contribution < 1.29 is 8.81 Å². The Morgan fingerprint density at radius 3 is 2.78 bits per heavy atom. The van der Waals surface area contributed by atoms with Gasteiger partial charge in [0, 0.05) is 18.0 Å². The van der Waals surface area contributed by atoms with E-state index in [1.54, 1.807) is 30.9 Å². The Labute approximate surface area is 103 Å². The van der Waals surface area contributed by atoms with Crippen LogP contribution in [0.3, 0.4) is 0 Å². The molecule has 0 saturated carbocycles. The summed E-state index contributed by atoms with van der Waals surface area (Å²) in [5.74, 6) is 0.953. The largest absolute Gasteiger partial charge is 0.439 e. The Morgan fingerprint density at radius 1 is 1.22 bits per heavy atom. The molecule has 1 aromatic carbocycles. The highest BCUT2D eigenvalue weighted by molar-refractivity contribution is 5.55. The molecule has 0 N–H and O–H groups in total. The van der Waals surface area contributed by atoms with Crippen LogP contribution in [0.5, 0.6) is 0 Å². The van der Waals surface area contributed by atoms with Gasteiger partial charge in [-0.05, 0) is 24.3 Å². The van der Waals surface area contributed by atoms with Gasteiger partial charge in [0.05, 0.1) is 12.5 Å². The third kappa shape index (κ3) is 2.15. The molecule has 0 aliphatic rings. The molecule has 0 aliphatic carbocycles. The first-order valence-corrected chi connectivity index (χ1v) is 5.47. The van der Waals surface area contributed by atoms with E-state index in [4.69, 9.17) is 4.42 Å². The van der Waals surface area contributed by atoms with E-state index >= 15 is 0 Å². The third-order valence-electron chi connectivity index (χ3n) is 2.56. The maximum Gasteiger partial charge on any atom is 0.214 e. The Morgan fingerprint density at radius 2 is 2.06 bits per heavy atom. The lowest BCUT2D eigenvalue weighted by Crippen LogP contribution is -1.95. The zero-order chi connectivity index (χ0) is 12.4. The molecule has 0 unspecified atom stereocenters. The summed E-state index contributed by atoms with van der Waals surface area (Å²) in [6.45, 7) is 0.529. The molecule has 0 spiro atoms. The van der Waals surface area contributed by atoms with Crippen molar-refractivity contribution >= 4 is 0 Å². The van der Waals surface area contributed by atoms with E-state index < -0.39 is 0 Å². The van der Waals surface area contributed by atoms with E-state index in [-0.39, 0.29) is 5.82 Å². The van der Waals surface area contributed by atoms with Crippen molar-refractivity contribution in [3.8, 4) is 11.3 Å². The van der Waals surface area contributed by atoms with Crippen LogP contribution in [0.15, 0.2) is 53.6 Å². The molecule has 4 nitrogen and oxygen atoms in total. The number of oxazole rings is 1. The average Bonchev–Trinajstić information content (AvgIpc) is 3.02. The fourth-order valence-corrected chi connectivity index (χ4v) is 1.67. The molecule has 0 fully saturated rings. The molecule has 0 radical (unpaired) electrons. The standard InChI is InChI=1S/C13H10FN3O/c14-11-3-1-10(2-4-11)12-7-16-13(18-12)8-17-6-5-15-9-17/h1-7,9H,8H2. The minimum Gasteiger partial charge on any atom is -0.439 e. The SMILES string of the molecule is Fc1ccc(-c2cnc(Cn3ccnc3)o2)cc1. The van der Waals surface area contributed by atoms with Crippen molar-refractivity contribution in [2.24, 2.45) is 0 Å². The summed E-state index contributed by atoms with van der Waals surface area (Å²) < 4.78 is 20.3. The van der Waals surface area contributed by atoms with E-state index in [2.05, 4.69) is 9.97 Å². The summed E-state index contributed by atoms with van der Waals surface area (Å²) in [5.41, 5.74) is 0.806. The number of nitrogens with zero attached hydrogens (tertiary/aromatic N) is 3. The molecule has 3 rings (SSSR count). The number of halogens is 1. The molecule has 3 aromatic rings. The lowest BCUT2D eigenvalue weighted by Gasteiger charge is -1.97. The molecular weight excluding hydrogens is 233 g/mol. The first-order valence-electron chi connectivity index (χ1n) is 5.47. The molecule has 2 aromatic heterocycles. The molecule has 0 aliphatic heterocycles. The second-order valence-corrected chi connectivity index (χ2v) is 3.86. The van der Waals surface area contributed by atoms with Gasteiger partial charge in [-0.3, -0.25) is 0 Å². The molecule has 0 bridgehead atoms. The van der Waals surface area contributed by atoms with Crippen LogP contribution in [0.1, 0.15) is 5.89 Å². The molecule has 2 heterocycles. The predicted molar refractivity (Wildman–Crippen MR) is 63.2 cm³/mol. The van der Waals surface area contributed by atoms with Gasteiger partial charge >= 0.3 is 0 Å². The lowest BCUT2D eigenvalue weighted by molar-refractivity contribution is 0.488. The minimum absolute atomic E-state index is 0.267. The van der Waals surface area contributed by atoms with Crippen LogP contribution in [0, 0.1) is 5.82 Å². The maximum atomic E-state index is 12.8. The molecular formula is C13H10FN3O. The predicted octanol–water partition coefficient (Wildman–Crippen LogP) is 2.73. The number of aromatic nitrogens is 3. The van der Waals surface area contributed by atoms with E-state index in [1.807, 2.05) is 10.8 Å². The minimum atomic E-state index is -0.267. The van der Waals surface area contributed by atoms with Crippen molar-refractivity contribution in [2.45, 2.75) is 6.54 Å². The fourth-order valence-electron chi connectivity index (χ4n) is 1.67. The normalized spacial score (nSPS) is 10.7. The Kier molecular flexibility index (Phi) is 2.64. The summed E-state index contributed by atoms with van der Waals surface area (Å²) in [5, 5.41) is 0. The summed E-state index contributed by atoms with van der Waals surface area (Å²) in [6.07, 6.45) is 6.87. The fraction of sp³-hybridized carbons (Fsp3) is 0.0769. The van der Waals surface area contributed by atoms with Crippen LogP contribution in [0.25, 0.3) is 11.3 Å². The average molecular weight is 243 g/mol. The highest BCUT2D eigenvalue weighted by Gasteiger charge is 2.06. The van der Waals surface area contributed by atoms with Gasteiger partial charge in [-0.25, -0.2) is 14.4 Å². The zero-order valence-corrected chi connectivity index (χ0v) is 9.45. The molecule has 0 saturated heterocycles. The zero-order valence-electron chi connectivity index (χ0n) is 9.45. The van der Waals surface area contributed by atoms with Gasteiger partial charge in [0.15, 0.2) is 5.76 Å². The highest BCUT2D eigenvalue weighted by Crippen LogP contribution is 2.20. The summed E-state index contributed by atoms with van der Waals surface area (Å²) in [7, 11) is 0. The van der Waals surface area contributed by atoms with Gasteiger partial charge in [-0.1, -0.05) is 0 Å². The second-order valence-electron chi connectivity index (χ2n) is 3.86. The second kappa shape index (κ2) is 4.44. The Bertz CT molecular complexity index is 629. The van der Waals surface area contributed by atoms with E-state index in [0.29, 0.717) is 18.2 Å². The molecule has 0 atom stereocenters. The van der Waals surface area contributed by atoms with Gasteiger partial charge < -0.3 is 8.98 Å². The number of benzene rings is 1. The maximum absolute atomic E-state index is 12.8. The Hall–Kier alpha value is -2.43. The Balaban J connectivity index is 1.83. The van der Waals surface area contributed by atoms with Crippen LogP contribution in [-0.4, -0.2) is 14.5 Å². The summed E-state index contributed by atoms with van der Waals surface area (Å²) in [6, 6.07) is 6.12. The van der Waals surface area contributed by atoms with Gasteiger partial charge in [0.25, 0.3) is 0 Å². The number of hydrogen-bond donors (Lipinski definition) is 0. The molecule has 0 amide bonds. The van der Waals surface area contributed by atoms with Gasteiger partial charge in [0.1, 0.15) is 12.4 Å². The smallest absolute Gasteiger partial charge is 0.214 e. The van der Waals surface area contributed by atoms with Gasteiger partial charge in [-0.2, -0.15) is 0 Å². The number of imidazole rings is 1. The van der Waals surface area contributed by atoms with Crippen LogP contribution in [-0.2, 0) is 6.54 Å². The lowest BCUT2D eigenvalue weighted by atomic mass is 10.2. The quantitative estimate of drug-likeness (QED) is 0.710.